The number of ether oxygens (including phenoxy) is 1. The first kappa shape index (κ1) is 21.9. The number of aromatic nitrogens is 4. The molecule has 5 nitrogen and oxygen atoms in total. The van der Waals surface area contributed by atoms with Gasteiger partial charge in [-0.25, -0.2) is 4.98 Å². The molecule has 0 aliphatic rings. The molecule has 0 aliphatic heterocycles. The molecule has 0 saturated heterocycles. The largest absolute Gasteiger partial charge is 0.481 e. The monoisotopic (exact) mass is 470 g/mol. The highest BCUT2D eigenvalue weighted by Crippen LogP contribution is 2.31. The fourth-order valence-electron chi connectivity index (χ4n) is 3.09. The summed E-state index contributed by atoms with van der Waals surface area (Å²) in [5, 5.41) is 13.2. The first-order valence-electron chi connectivity index (χ1n) is 9.87. The molecule has 31 heavy (non-hydrogen) atoms. The van der Waals surface area contributed by atoms with Gasteiger partial charge >= 0.3 is 0 Å². The molecule has 1 atom stereocenters. The molecule has 2 aromatic heterocycles. The molecule has 2 aromatic carbocycles. The third-order valence-electron chi connectivity index (χ3n) is 4.82. The molecule has 0 saturated carbocycles. The summed E-state index contributed by atoms with van der Waals surface area (Å²) in [6.07, 6.45) is -0.279. The zero-order chi connectivity index (χ0) is 22.0. The van der Waals surface area contributed by atoms with E-state index < -0.39 is 0 Å². The minimum Gasteiger partial charge on any atom is -0.481 e. The summed E-state index contributed by atoms with van der Waals surface area (Å²) in [5.74, 6) is 2.13. The summed E-state index contributed by atoms with van der Waals surface area (Å²) in [4.78, 5) is 4.77. The maximum atomic E-state index is 6.27. The molecular formula is C23H23ClN4OS2. The second kappa shape index (κ2) is 9.42. The fraction of sp³-hybridized carbons (Fsp3) is 0.261. The van der Waals surface area contributed by atoms with Crippen LogP contribution >= 0.6 is 34.7 Å². The van der Waals surface area contributed by atoms with Gasteiger partial charge in [-0.05, 0) is 38.5 Å². The van der Waals surface area contributed by atoms with Gasteiger partial charge in [-0.3, -0.25) is 0 Å². The summed E-state index contributed by atoms with van der Waals surface area (Å²) in [6, 6.07) is 14.2. The predicted octanol–water partition coefficient (Wildman–Crippen LogP) is 6.64. The Kier molecular flexibility index (Phi) is 6.65. The Hall–Kier alpha value is -2.35. The van der Waals surface area contributed by atoms with Gasteiger partial charge in [0.2, 0.25) is 0 Å². The number of hydrogen-bond donors (Lipinski definition) is 0. The van der Waals surface area contributed by atoms with Crippen LogP contribution in [0.15, 0.2) is 53.0 Å². The van der Waals surface area contributed by atoms with Gasteiger partial charge in [0.05, 0.1) is 10.7 Å². The summed E-state index contributed by atoms with van der Waals surface area (Å²) in [7, 11) is 1.95. The SMILES string of the molecule is Cc1ccc(-c2nc(CSc3nnc(C(C)Oc4cc(C)ccc4Cl)n3C)cs2)cc1. The number of rotatable bonds is 7. The molecule has 0 spiro atoms. The molecule has 4 rings (SSSR count). The van der Waals surface area contributed by atoms with Crippen LogP contribution in [-0.4, -0.2) is 19.7 Å². The smallest absolute Gasteiger partial charge is 0.191 e. The lowest BCUT2D eigenvalue weighted by Crippen LogP contribution is -2.10. The Bertz CT molecular complexity index is 1190. The zero-order valence-corrected chi connectivity index (χ0v) is 20.2. The fourth-order valence-corrected chi connectivity index (χ4v) is 4.99. The molecular weight excluding hydrogens is 448 g/mol. The molecule has 160 valence electrons. The second-order valence-corrected chi connectivity index (χ2v) is 9.60. The maximum absolute atomic E-state index is 6.27. The highest BCUT2D eigenvalue weighted by atomic mass is 35.5. The number of thiazole rings is 1. The lowest BCUT2D eigenvalue weighted by molar-refractivity contribution is 0.211. The Morgan fingerprint density at radius 2 is 1.84 bits per heavy atom. The molecule has 0 amide bonds. The van der Waals surface area contributed by atoms with Crippen molar-refractivity contribution in [3.05, 3.63) is 75.5 Å². The van der Waals surface area contributed by atoms with Crippen LogP contribution < -0.4 is 4.74 Å². The van der Waals surface area contributed by atoms with Crippen molar-refractivity contribution in [2.75, 3.05) is 0 Å². The van der Waals surface area contributed by atoms with Crippen LogP contribution in [0.1, 0.15) is 35.7 Å². The first-order valence-corrected chi connectivity index (χ1v) is 12.1. The Morgan fingerprint density at radius 3 is 2.61 bits per heavy atom. The number of halogens is 1. The van der Waals surface area contributed by atoms with Crippen molar-refractivity contribution in [3.63, 3.8) is 0 Å². The average Bonchev–Trinajstić information content (AvgIpc) is 3.36. The van der Waals surface area contributed by atoms with Gasteiger partial charge in [0, 0.05) is 23.7 Å². The van der Waals surface area contributed by atoms with Gasteiger partial charge < -0.3 is 9.30 Å². The van der Waals surface area contributed by atoms with E-state index in [1.165, 1.54) is 5.56 Å². The molecule has 0 bridgehead atoms. The number of benzene rings is 2. The quantitative estimate of drug-likeness (QED) is 0.283. The summed E-state index contributed by atoms with van der Waals surface area (Å²) < 4.78 is 8.02. The maximum Gasteiger partial charge on any atom is 0.191 e. The minimum atomic E-state index is -0.279. The minimum absolute atomic E-state index is 0.279. The van der Waals surface area contributed by atoms with Crippen LogP contribution in [0, 0.1) is 13.8 Å². The summed E-state index contributed by atoms with van der Waals surface area (Å²) in [6.45, 7) is 6.04. The van der Waals surface area contributed by atoms with E-state index in [9.17, 15) is 0 Å². The van der Waals surface area contributed by atoms with Crippen molar-refractivity contribution in [2.45, 2.75) is 37.8 Å². The molecule has 8 heteroatoms. The second-order valence-electron chi connectivity index (χ2n) is 7.39. The third-order valence-corrected chi connectivity index (χ3v) is 7.13. The molecule has 0 N–H and O–H groups in total. The molecule has 0 aliphatic carbocycles. The summed E-state index contributed by atoms with van der Waals surface area (Å²) >= 11 is 9.54. The molecule has 2 heterocycles. The number of thioether (sulfide) groups is 1. The van der Waals surface area contributed by atoms with Crippen LogP contribution in [0.5, 0.6) is 5.75 Å². The Labute approximate surface area is 195 Å². The molecule has 0 radical (unpaired) electrons. The predicted molar refractivity (Wildman–Crippen MR) is 128 cm³/mol. The number of nitrogens with zero attached hydrogens (tertiary/aromatic N) is 4. The van der Waals surface area contributed by atoms with E-state index in [4.69, 9.17) is 21.3 Å². The van der Waals surface area contributed by atoms with Gasteiger partial charge in [0.15, 0.2) is 17.1 Å². The molecule has 4 aromatic rings. The zero-order valence-electron chi connectivity index (χ0n) is 17.8. The Balaban J connectivity index is 1.42. The standard InChI is InChI=1S/C23H23ClN4OS2/c1-14-5-8-17(9-6-14)22-25-18(12-30-22)13-31-23-27-26-21(28(23)4)16(3)29-20-11-15(2)7-10-19(20)24/h5-12,16H,13H2,1-4H3. The Morgan fingerprint density at radius 1 is 1.10 bits per heavy atom. The highest BCUT2D eigenvalue weighted by molar-refractivity contribution is 7.98. The van der Waals surface area contributed by atoms with Crippen LogP contribution in [0.3, 0.4) is 0 Å². The van der Waals surface area contributed by atoms with E-state index >= 15 is 0 Å². The third kappa shape index (κ3) is 5.11. The van der Waals surface area contributed by atoms with E-state index in [1.807, 2.05) is 43.7 Å². The first-order chi connectivity index (χ1) is 14.9. The van der Waals surface area contributed by atoms with Gasteiger partial charge in [-0.1, -0.05) is 59.3 Å². The van der Waals surface area contributed by atoms with Crippen molar-refractivity contribution in [1.82, 2.24) is 19.7 Å². The average molecular weight is 471 g/mol. The topological polar surface area (TPSA) is 52.8 Å². The van der Waals surface area contributed by atoms with Crippen LogP contribution in [-0.2, 0) is 12.8 Å². The van der Waals surface area contributed by atoms with E-state index in [-0.39, 0.29) is 6.10 Å². The van der Waals surface area contributed by atoms with Gasteiger partial charge in [0.1, 0.15) is 10.8 Å². The number of hydrogen-bond acceptors (Lipinski definition) is 6. The van der Waals surface area contributed by atoms with E-state index in [0.717, 1.165) is 38.6 Å². The van der Waals surface area contributed by atoms with Crippen molar-refractivity contribution < 1.29 is 4.74 Å². The van der Waals surface area contributed by atoms with E-state index in [2.05, 4.69) is 46.8 Å². The van der Waals surface area contributed by atoms with Crippen molar-refractivity contribution in [1.29, 1.82) is 0 Å². The number of aryl methyl sites for hydroxylation is 2. The van der Waals surface area contributed by atoms with Crippen LogP contribution in [0.25, 0.3) is 10.6 Å². The van der Waals surface area contributed by atoms with Crippen LogP contribution in [0.2, 0.25) is 5.02 Å². The van der Waals surface area contributed by atoms with Crippen molar-refractivity contribution >= 4 is 34.7 Å². The molecule has 1 unspecified atom stereocenters. The van der Waals surface area contributed by atoms with E-state index in [1.54, 1.807) is 23.1 Å². The lowest BCUT2D eigenvalue weighted by atomic mass is 10.2. The summed E-state index contributed by atoms with van der Waals surface area (Å²) in [5.41, 5.74) is 4.52. The van der Waals surface area contributed by atoms with Crippen molar-refractivity contribution in [3.8, 4) is 16.3 Å². The normalized spacial score (nSPS) is 12.2. The van der Waals surface area contributed by atoms with Gasteiger partial charge in [-0.2, -0.15) is 0 Å². The van der Waals surface area contributed by atoms with Crippen molar-refractivity contribution in [2.24, 2.45) is 7.05 Å². The van der Waals surface area contributed by atoms with E-state index in [0.29, 0.717) is 10.8 Å². The molecule has 0 fully saturated rings. The van der Waals surface area contributed by atoms with Gasteiger partial charge in [0.25, 0.3) is 0 Å². The lowest BCUT2D eigenvalue weighted by Gasteiger charge is -2.15. The van der Waals surface area contributed by atoms with Crippen LogP contribution in [0.4, 0.5) is 0 Å². The van der Waals surface area contributed by atoms with Gasteiger partial charge in [-0.15, -0.1) is 21.5 Å². The highest BCUT2D eigenvalue weighted by Gasteiger charge is 2.19.